The van der Waals surface area contributed by atoms with E-state index in [1.807, 2.05) is 230 Å². The van der Waals surface area contributed by atoms with Crippen LogP contribution in [0.25, 0.3) is 43.6 Å². The molecule has 738 valence electrons. The molecule has 4 amide bonds. The maximum atomic E-state index is 13.2. The van der Waals surface area contributed by atoms with Gasteiger partial charge < -0.3 is 61.6 Å². The molecule has 146 heavy (non-hydrogen) atoms. The first-order valence-electron chi connectivity index (χ1n) is 46.8. The van der Waals surface area contributed by atoms with Crippen LogP contribution < -0.4 is 21.3 Å². The number of aromatic nitrogens is 20. The first-order valence-corrected chi connectivity index (χ1v) is 46.8. The molecular formula is C109H108N28O9. The summed E-state index contributed by atoms with van der Waals surface area (Å²) in [4.78, 5) is 93.5. The normalized spacial score (nSPS) is 11.7. The van der Waals surface area contributed by atoms with Crippen LogP contribution in [0.4, 0.5) is 46.0 Å². The molecule has 0 atom stereocenters. The lowest BCUT2D eigenvalue weighted by atomic mass is 10.0. The van der Waals surface area contributed by atoms with Gasteiger partial charge >= 0.3 is 0 Å². The molecule has 0 aliphatic carbocycles. The van der Waals surface area contributed by atoms with Crippen molar-refractivity contribution in [2.24, 2.45) is 34.1 Å². The third-order valence-corrected chi connectivity index (χ3v) is 23.7. The van der Waals surface area contributed by atoms with Crippen molar-refractivity contribution in [2.75, 3.05) is 21.3 Å². The molecule has 0 saturated carbocycles. The monoisotopic (exact) mass is 1950 g/mol. The van der Waals surface area contributed by atoms with E-state index in [9.17, 15) is 44.4 Å². The van der Waals surface area contributed by atoms with Gasteiger partial charge in [-0.3, -0.25) is 63.1 Å². The SMILES string of the molecule is Cc1cc(C(=O)Nc2ccc(Cc3ccc4[nH]c(O)c(C=Nc5cc(C)[nH]n5)c4c3)cc2)n(C(C)(C)C)n1.Cc1cc(C(=O)Nc2ccc(Cc3ccc4[nH]c(O)c(C=Nc5cc(C)[nH]n5)c4c3)cc2)n(C)n1.Cc1cc(C(=O)Nc2ccc(Cc3ccc4[nH]c(O)c(C=Nc5ccn[nH]5)c4c3)cc2)n(C(C)(C)C)n1.Cc1cc(C(=O)Nc2cccc(C(=O)c3ccc4c(C=Nc5cc(C)[nH]n5)c(O)[nH]c4c3)c2)n(C)n1. The van der Waals surface area contributed by atoms with Gasteiger partial charge in [-0.1, -0.05) is 78.9 Å². The number of carbonyl (C=O) groups excluding carboxylic acids is 5. The van der Waals surface area contributed by atoms with Gasteiger partial charge in [-0.25, -0.2) is 20.0 Å². The third kappa shape index (κ3) is 23.3. The highest BCUT2D eigenvalue weighted by molar-refractivity contribution is 6.14. The highest BCUT2D eigenvalue weighted by Gasteiger charge is 2.27. The van der Waals surface area contributed by atoms with Gasteiger partial charge in [0.25, 0.3) is 23.6 Å². The van der Waals surface area contributed by atoms with Gasteiger partial charge in [0.05, 0.1) is 62.3 Å². The van der Waals surface area contributed by atoms with Crippen LogP contribution in [0.1, 0.15) is 195 Å². The number of aliphatic imine (C=N–C) groups is 4. The molecule has 37 nitrogen and oxygen atoms in total. The second-order valence-electron chi connectivity index (χ2n) is 37.6. The van der Waals surface area contributed by atoms with Gasteiger partial charge in [0.2, 0.25) is 0 Å². The van der Waals surface area contributed by atoms with E-state index in [1.165, 1.54) is 10.9 Å². The number of nitrogens with zero attached hydrogens (tertiary/aromatic N) is 16. The lowest BCUT2D eigenvalue weighted by Crippen LogP contribution is -2.29. The van der Waals surface area contributed by atoms with Gasteiger partial charge in [-0.2, -0.15) is 40.8 Å². The van der Waals surface area contributed by atoms with Gasteiger partial charge in [0.1, 0.15) is 28.6 Å². The lowest BCUT2D eigenvalue weighted by molar-refractivity contribution is 0.0997. The standard InChI is InChI=1S/C29H31N7O2.C28H29N7O2.C26H23N7O3.C26H25N7O2/c1-17-13-26(34-33-17)30-16-23-22-15-20(8-11-24(22)32-27(23)37)14-19-6-9-21(10-7-19)31-28(38)25-12-18(2)35-36(25)29(3,4)5;1-17-13-24(35(34-17)28(2,3)4)27(37)31-20-8-5-18(6-9-20)14-19-7-10-23-21(15-19)22(26(36)32-23)16-29-25-11-12-30-33-25;1-14-10-23(31-30-14)27-13-20-19-8-7-17(12-21(19)29-25(20)35)24(34)16-5-4-6-18(11-16)28-26(36)22-9-15(2)32-33(22)3;1-15-11-24(31-30-15)27-14-21-20-13-18(6-9-22(20)29-25(21)34)12-17-4-7-19(8-5-17)28-26(35)23-10-16(2)32-33(23)3/h6-13,15-16,32,37H,14H2,1-5H3,(H,31,38)(H,33,34);5-13,15-16,32,36H,14H2,1-4H3,(H,30,33)(H,31,37);4-13,29,35H,1-3H3,(H,28,36)(H,30,31);4-11,13-14,29,34H,12H2,1-3H3,(H,28,35)(H,30,31). The predicted octanol–water partition coefficient (Wildman–Crippen LogP) is 19.9. The Morgan fingerprint density at radius 2 is 0.671 bits per heavy atom. The molecule has 20 rings (SSSR count). The molecule has 12 aromatic heterocycles. The number of aromatic amines is 8. The molecule has 8 aromatic carbocycles. The quantitative estimate of drug-likeness (QED) is 0.0197. The first-order chi connectivity index (χ1) is 69.9. The number of ketones is 1. The van der Waals surface area contributed by atoms with E-state index in [0.717, 1.165) is 123 Å². The van der Waals surface area contributed by atoms with Crippen LogP contribution in [0.15, 0.2) is 245 Å². The summed E-state index contributed by atoms with van der Waals surface area (Å²) < 4.78 is 6.60. The van der Waals surface area contributed by atoms with E-state index in [-0.39, 0.29) is 64.0 Å². The van der Waals surface area contributed by atoms with Gasteiger partial charge in [0.15, 0.2) is 46.8 Å². The highest BCUT2D eigenvalue weighted by Crippen LogP contribution is 2.35. The number of amides is 4. The summed E-state index contributed by atoms with van der Waals surface area (Å²) in [6.45, 7) is 25.2. The molecule has 0 unspecified atom stereocenters. The number of aryl methyl sites for hydroxylation is 9. The molecule has 0 bridgehead atoms. The van der Waals surface area contributed by atoms with Crippen molar-refractivity contribution < 1.29 is 44.4 Å². The predicted molar refractivity (Wildman–Crippen MR) is 567 cm³/mol. The highest BCUT2D eigenvalue weighted by atomic mass is 16.3. The van der Waals surface area contributed by atoms with Crippen molar-refractivity contribution in [2.45, 2.75) is 120 Å². The molecule has 12 heterocycles. The Morgan fingerprint density at radius 1 is 0.336 bits per heavy atom. The summed E-state index contributed by atoms with van der Waals surface area (Å²) in [7, 11) is 3.45. The van der Waals surface area contributed by atoms with Crippen LogP contribution in [0.2, 0.25) is 0 Å². The lowest BCUT2D eigenvalue weighted by Gasteiger charge is -2.22. The summed E-state index contributed by atoms with van der Waals surface area (Å²) in [5.41, 5.74) is 22.7. The molecule has 16 N–H and O–H groups in total. The molecule has 0 aliphatic heterocycles. The van der Waals surface area contributed by atoms with E-state index in [1.54, 1.807) is 132 Å². The number of carbonyl (C=O) groups is 5. The maximum absolute atomic E-state index is 13.2. The number of benzene rings is 8. The van der Waals surface area contributed by atoms with Crippen molar-refractivity contribution >= 4 is 144 Å². The number of hydrogen-bond acceptors (Lipinski definition) is 21. The van der Waals surface area contributed by atoms with E-state index < -0.39 is 0 Å². The fourth-order valence-electron chi connectivity index (χ4n) is 16.7. The minimum absolute atomic E-state index is 0.0549. The third-order valence-electron chi connectivity index (χ3n) is 23.7. The van der Waals surface area contributed by atoms with Crippen molar-refractivity contribution in [3.05, 3.63) is 354 Å². The minimum atomic E-state index is -0.315. The Kier molecular flexibility index (Phi) is 28.3. The Bertz CT molecular complexity index is 8380. The van der Waals surface area contributed by atoms with Crippen LogP contribution in [-0.2, 0) is 44.4 Å². The molecule has 0 saturated heterocycles. The van der Waals surface area contributed by atoms with Crippen LogP contribution >= 0.6 is 0 Å². The first kappa shape index (κ1) is 98.6. The fraction of sp³-hybridized carbons (Fsp3) is 0.183. The molecule has 0 fully saturated rings. The van der Waals surface area contributed by atoms with Crippen LogP contribution in [0.5, 0.6) is 23.5 Å². The Hall–Kier alpha value is -19.0. The second-order valence-corrected chi connectivity index (χ2v) is 37.6. The molecular weight excluding hydrogens is 1850 g/mol. The van der Waals surface area contributed by atoms with Gasteiger partial charge in [-0.05, 0) is 258 Å². The van der Waals surface area contributed by atoms with Crippen LogP contribution in [0.3, 0.4) is 0 Å². The van der Waals surface area contributed by atoms with Gasteiger partial charge in [0, 0.05) is 158 Å². The van der Waals surface area contributed by atoms with Gasteiger partial charge in [-0.15, -0.1) is 0 Å². The summed E-state index contributed by atoms with van der Waals surface area (Å²) in [5.74, 6) is 1.25. The van der Waals surface area contributed by atoms with E-state index in [0.29, 0.717) is 115 Å². The molecule has 0 radical (unpaired) electrons. The summed E-state index contributed by atoms with van der Waals surface area (Å²) in [5, 5.41) is 101. The summed E-state index contributed by atoms with van der Waals surface area (Å²) >= 11 is 0. The van der Waals surface area contributed by atoms with E-state index >= 15 is 0 Å². The largest absolute Gasteiger partial charge is 0.494 e. The summed E-state index contributed by atoms with van der Waals surface area (Å²) in [6.07, 6.45) is 10.1. The molecule has 0 aliphatic rings. The van der Waals surface area contributed by atoms with Crippen molar-refractivity contribution in [3.63, 3.8) is 0 Å². The number of aromatic hydroxyl groups is 4. The fourth-order valence-corrected chi connectivity index (χ4v) is 16.7. The van der Waals surface area contributed by atoms with E-state index in [4.69, 9.17) is 0 Å². The minimum Gasteiger partial charge on any atom is -0.494 e. The number of anilines is 4. The average Bonchev–Trinajstić information content (AvgIpc) is 1.36. The molecule has 20 aromatic rings. The van der Waals surface area contributed by atoms with Crippen molar-refractivity contribution in [1.82, 2.24) is 99.8 Å². The summed E-state index contributed by atoms with van der Waals surface area (Å²) in [6, 6.07) is 67.6. The zero-order valence-electron chi connectivity index (χ0n) is 82.8. The maximum Gasteiger partial charge on any atom is 0.273 e. The van der Waals surface area contributed by atoms with Crippen molar-refractivity contribution in [3.8, 4) is 23.5 Å². The smallest absolute Gasteiger partial charge is 0.273 e. The number of nitrogens with one attached hydrogen (secondary N) is 12. The Morgan fingerprint density at radius 3 is 1.02 bits per heavy atom. The van der Waals surface area contributed by atoms with Crippen LogP contribution in [-0.4, -0.2) is 175 Å². The Balaban J connectivity index is 0.000000133. The average molecular weight is 1950 g/mol. The molecule has 0 spiro atoms. The van der Waals surface area contributed by atoms with Crippen molar-refractivity contribution in [1.29, 1.82) is 0 Å². The Labute approximate surface area is 836 Å². The number of rotatable bonds is 24. The number of fused-ring (bicyclic) bond motifs is 4. The molecule has 37 heteroatoms. The van der Waals surface area contributed by atoms with Crippen LogP contribution in [0, 0.1) is 48.5 Å². The van der Waals surface area contributed by atoms with E-state index in [2.05, 4.69) is 122 Å². The second kappa shape index (κ2) is 41.8. The topological polar surface area (TPSA) is 513 Å². The number of H-pyrrole nitrogens is 8. The number of hydrogen-bond donors (Lipinski definition) is 16. The zero-order chi connectivity index (χ0) is 103. The zero-order valence-corrected chi connectivity index (χ0v) is 82.8.